The molecule has 0 amide bonds. The number of esters is 1. The molecule has 1 atom stereocenters. The molecule has 4 nitrogen and oxygen atoms in total. The fraction of sp³-hybridized carbons (Fsp3) is 0.368. The number of nitrogens with one attached hydrogen (secondary N) is 2. The van der Waals surface area contributed by atoms with Crippen molar-refractivity contribution < 1.29 is 9.53 Å². The molecule has 1 aromatic heterocycles. The largest absolute Gasteiger partial charge is 0.465 e. The van der Waals surface area contributed by atoms with Crippen molar-refractivity contribution >= 4 is 39.6 Å². The SMILES string of the molecule is CCc1cc(C(=O)OC)c(NC(=S)NC2CCCc3ccccc32)s1. The highest BCUT2D eigenvalue weighted by Crippen LogP contribution is 2.31. The molecule has 6 heteroatoms. The summed E-state index contributed by atoms with van der Waals surface area (Å²) in [5.41, 5.74) is 3.23. The van der Waals surface area contributed by atoms with Crippen LogP contribution in [0.15, 0.2) is 30.3 Å². The Morgan fingerprint density at radius 2 is 2.20 bits per heavy atom. The normalized spacial score (nSPS) is 16.0. The van der Waals surface area contributed by atoms with Crippen molar-refractivity contribution in [3.8, 4) is 0 Å². The summed E-state index contributed by atoms with van der Waals surface area (Å²) in [7, 11) is 1.39. The van der Waals surface area contributed by atoms with Gasteiger partial charge in [-0.1, -0.05) is 31.2 Å². The summed E-state index contributed by atoms with van der Waals surface area (Å²) in [5, 5.41) is 7.89. The van der Waals surface area contributed by atoms with Gasteiger partial charge < -0.3 is 15.4 Å². The number of methoxy groups -OCH3 is 1. The van der Waals surface area contributed by atoms with E-state index >= 15 is 0 Å². The molecule has 1 aliphatic rings. The molecule has 2 N–H and O–H groups in total. The molecule has 3 rings (SSSR count). The third-order valence-corrected chi connectivity index (χ3v) is 5.85. The first-order chi connectivity index (χ1) is 12.1. The number of ether oxygens (including phenoxy) is 1. The zero-order chi connectivity index (χ0) is 17.8. The van der Waals surface area contributed by atoms with Gasteiger partial charge in [0.25, 0.3) is 0 Å². The Hall–Kier alpha value is -1.92. The average Bonchev–Trinajstić information content (AvgIpc) is 3.04. The van der Waals surface area contributed by atoms with E-state index in [1.54, 1.807) is 0 Å². The minimum atomic E-state index is -0.343. The number of aryl methyl sites for hydroxylation is 2. The number of hydrogen-bond donors (Lipinski definition) is 2. The highest BCUT2D eigenvalue weighted by molar-refractivity contribution is 7.80. The Morgan fingerprint density at radius 1 is 1.40 bits per heavy atom. The maximum absolute atomic E-state index is 12.0. The van der Waals surface area contributed by atoms with Crippen LogP contribution in [0.1, 0.15) is 52.2 Å². The van der Waals surface area contributed by atoms with E-state index in [4.69, 9.17) is 17.0 Å². The summed E-state index contributed by atoms with van der Waals surface area (Å²) in [6, 6.07) is 10.6. The van der Waals surface area contributed by atoms with Gasteiger partial charge in [-0.25, -0.2) is 4.79 Å². The minimum Gasteiger partial charge on any atom is -0.465 e. The summed E-state index contributed by atoms with van der Waals surface area (Å²) < 4.78 is 4.88. The van der Waals surface area contributed by atoms with Crippen LogP contribution in [0.25, 0.3) is 0 Å². The van der Waals surface area contributed by atoms with Crippen molar-refractivity contribution in [2.24, 2.45) is 0 Å². The Bertz CT molecular complexity index is 785. The van der Waals surface area contributed by atoms with E-state index in [0.717, 1.165) is 35.6 Å². The standard InChI is InChI=1S/C19H22N2O2S2/c1-3-13-11-15(18(22)23-2)17(25-13)21-19(24)20-16-10-6-8-12-7-4-5-9-14(12)16/h4-5,7,9,11,16H,3,6,8,10H2,1-2H3,(H2,20,21,24). The molecule has 0 saturated carbocycles. The summed E-state index contributed by atoms with van der Waals surface area (Å²) in [5.74, 6) is -0.343. The lowest BCUT2D eigenvalue weighted by Crippen LogP contribution is -2.34. The van der Waals surface area contributed by atoms with Crippen LogP contribution < -0.4 is 10.6 Å². The molecule has 0 fully saturated rings. The second-order valence-electron chi connectivity index (χ2n) is 6.04. The van der Waals surface area contributed by atoms with Crippen molar-refractivity contribution in [1.29, 1.82) is 0 Å². The number of thiophene rings is 1. The van der Waals surface area contributed by atoms with Crippen LogP contribution in [0, 0.1) is 0 Å². The second-order valence-corrected chi connectivity index (χ2v) is 7.59. The predicted molar refractivity (Wildman–Crippen MR) is 107 cm³/mol. The molecule has 1 aromatic carbocycles. The molecule has 132 valence electrons. The molecule has 1 unspecified atom stereocenters. The lowest BCUT2D eigenvalue weighted by atomic mass is 9.88. The van der Waals surface area contributed by atoms with Crippen LogP contribution >= 0.6 is 23.6 Å². The summed E-state index contributed by atoms with van der Waals surface area (Å²) in [6.45, 7) is 2.06. The van der Waals surface area contributed by atoms with Gasteiger partial charge in [0.1, 0.15) is 5.00 Å². The molecule has 1 aliphatic carbocycles. The fourth-order valence-electron chi connectivity index (χ4n) is 3.17. The molecule has 1 heterocycles. The number of hydrogen-bond acceptors (Lipinski definition) is 4. The van der Waals surface area contributed by atoms with Crippen LogP contribution in [0.4, 0.5) is 5.00 Å². The lowest BCUT2D eigenvalue weighted by Gasteiger charge is -2.27. The Morgan fingerprint density at radius 3 is 2.96 bits per heavy atom. The summed E-state index contributed by atoms with van der Waals surface area (Å²) >= 11 is 7.05. The van der Waals surface area contributed by atoms with Crippen LogP contribution in [-0.2, 0) is 17.6 Å². The van der Waals surface area contributed by atoms with Gasteiger partial charge in [0.15, 0.2) is 5.11 Å². The minimum absolute atomic E-state index is 0.206. The van der Waals surface area contributed by atoms with E-state index in [9.17, 15) is 4.79 Å². The van der Waals surface area contributed by atoms with Gasteiger partial charge in [-0.3, -0.25) is 0 Å². The molecule has 0 spiro atoms. The highest BCUT2D eigenvalue weighted by atomic mass is 32.1. The summed E-state index contributed by atoms with van der Waals surface area (Å²) in [6.07, 6.45) is 4.18. The maximum atomic E-state index is 12.0. The smallest absolute Gasteiger partial charge is 0.340 e. The first kappa shape index (κ1) is 17.9. The van der Waals surface area contributed by atoms with Crippen molar-refractivity contribution in [3.63, 3.8) is 0 Å². The quantitative estimate of drug-likeness (QED) is 0.611. The van der Waals surface area contributed by atoms with Gasteiger partial charge in [0, 0.05) is 4.88 Å². The average molecular weight is 375 g/mol. The van der Waals surface area contributed by atoms with E-state index in [1.165, 1.54) is 29.6 Å². The zero-order valence-electron chi connectivity index (χ0n) is 14.4. The molecule has 25 heavy (non-hydrogen) atoms. The molecule has 0 bridgehead atoms. The maximum Gasteiger partial charge on any atom is 0.340 e. The zero-order valence-corrected chi connectivity index (χ0v) is 16.1. The van der Waals surface area contributed by atoms with Crippen molar-refractivity contribution in [2.75, 3.05) is 12.4 Å². The van der Waals surface area contributed by atoms with Crippen LogP contribution in [0.2, 0.25) is 0 Å². The molecule has 0 aliphatic heterocycles. The Labute approximate surface area is 157 Å². The van der Waals surface area contributed by atoms with E-state index in [2.05, 4.69) is 41.8 Å². The number of carbonyl (C=O) groups excluding carboxylic acids is 1. The van der Waals surface area contributed by atoms with Gasteiger partial charge in [-0.05, 0) is 55.1 Å². The van der Waals surface area contributed by atoms with Crippen LogP contribution in [-0.4, -0.2) is 18.2 Å². The van der Waals surface area contributed by atoms with E-state index in [1.807, 2.05) is 6.07 Å². The second kappa shape index (κ2) is 7.97. The first-order valence-corrected chi connectivity index (χ1v) is 9.71. The van der Waals surface area contributed by atoms with Crippen molar-refractivity contribution in [2.45, 2.75) is 38.6 Å². The van der Waals surface area contributed by atoms with Crippen molar-refractivity contribution in [3.05, 3.63) is 51.9 Å². The van der Waals surface area contributed by atoms with E-state index in [0.29, 0.717) is 10.7 Å². The topological polar surface area (TPSA) is 50.4 Å². The van der Waals surface area contributed by atoms with Crippen molar-refractivity contribution in [1.82, 2.24) is 5.32 Å². The molecule has 2 aromatic rings. The number of thiocarbonyl (C=S) groups is 1. The number of carbonyl (C=O) groups is 1. The highest BCUT2D eigenvalue weighted by Gasteiger charge is 2.22. The predicted octanol–water partition coefficient (Wildman–Crippen LogP) is 4.46. The van der Waals surface area contributed by atoms with Crippen LogP contribution in [0.5, 0.6) is 0 Å². The Kier molecular flexibility index (Phi) is 5.71. The lowest BCUT2D eigenvalue weighted by molar-refractivity contribution is 0.0602. The van der Waals surface area contributed by atoms with Crippen LogP contribution in [0.3, 0.4) is 0 Å². The van der Waals surface area contributed by atoms with Gasteiger partial charge >= 0.3 is 5.97 Å². The number of fused-ring (bicyclic) bond motifs is 1. The number of benzene rings is 1. The van der Waals surface area contributed by atoms with E-state index in [-0.39, 0.29) is 12.0 Å². The third-order valence-electron chi connectivity index (χ3n) is 4.44. The van der Waals surface area contributed by atoms with Gasteiger partial charge in [-0.2, -0.15) is 0 Å². The van der Waals surface area contributed by atoms with Gasteiger partial charge in [0.2, 0.25) is 0 Å². The fourth-order valence-corrected chi connectivity index (χ4v) is 4.47. The number of anilines is 1. The van der Waals surface area contributed by atoms with E-state index < -0.39 is 0 Å². The first-order valence-electron chi connectivity index (χ1n) is 8.48. The third kappa shape index (κ3) is 4.02. The molecular weight excluding hydrogens is 352 g/mol. The van der Waals surface area contributed by atoms with Gasteiger partial charge in [0.05, 0.1) is 18.7 Å². The Balaban J connectivity index is 1.74. The van der Waals surface area contributed by atoms with Gasteiger partial charge in [-0.15, -0.1) is 11.3 Å². The molecule has 0 saturated heterocycles. The molecular formula is C19H22N2O2S2. The number of rotatable bonds is 4. The summed E-state index contributed by atoms with van der Waals surface area (Å²) in [4.78, 5) is 13.1. The molecule has 0 radical (unpaired) electrons. The monoisotopic (exact) mass is 374 g/mol.